The normalized spacial score (nSPS) is 16.1. The largest absolute Gasteiger partial charge is 0.352 e. The van der Waals surface area contributed by atoms with Crippen LogP contribution in [0.1, 0.15) is 55.6 Å². The molecule has 0 aliphatic heterocycles. The molecule has 0 aromatic carbocycles. The van der Waals surface area contributed by atoms with Gasteiger partial charge in [-0.3, -0.25) is 4.79 Å². The number of carbonyl (C=O) groups excluding carboxylic acids is 1. The average Bonchev–Trinajstić information content (AvgIpc) is 2.91. The Hall–Kier alpha value is -0.360. The van der Waals surface area contributed by atoms with Crippen molar-refractivity contribution in [1.82, 2.24) is 10.3 Å². The molecule has 3 N–H and O–H groups in total. The SMILES string of the molecule is Cc1nc(CCCC(=O)NC(CN)C2CCCCC2)cs1.Cl.Cl. The Bertz CT molecular complexity index is 450. The van der Waals surface area contributed by atoms with Crippen molar-refractivity contribution in [2.45, 2.75) is 64.3 Å². The number of hydrogen-bond donors (Lipinski definition) is 2. The second-order valence-electron chi connectivity index (χ2n) is 6.02. The minimum absolute atomic E-state index is 0. The van der Waals surface area contributed by atoms with Gasteiger partial charge in [-0.05, 0) is 38.5 Å². The molecule has 1 aromatic heterocycles. The van der Waals surface area contributed by atoms with E-state index in [2.05, 4.69) is 15.7 Å². The van der Waals surface area contributed by atoms with Crippen molar-refractivity contribution in [3.63, 3.8) is 0 Å². The molecular weight excluding hydrogens is 353 g/mol. The van der Waals surface area contributed by atoms with Crippen LogP contribution >= 0.6 is 36.2 Å². The van der Waals surface area contributed by atoms with Gasteiger partial charge in [-0.1, -0.05) is 19.3 Å². The summed E-state index contributed by atoms with van der Waals surface area (Å²) in [6, 6.07) is 0.166. The molecule has 1 aliphatic rings. The molecule has 0 saturated heterocycles. The van der Waals surface area contributed by atoms with Gasteiger partial charge in [0.05, 0.1) is 10.7 Å². The van der Waals surface area contributed by atoms with Crippen LogP contribution in [0.25, 0.3) is 0 Å². The molecule has 0 bridgehead atoms. The van der Waals surface area contributed by atoms with Crippen molar-refractivity contribution in [2.24, 2.45) is 11.7 Å². The van der Waals surface area contributed by atoms with E-state index in [1.54, 1.807) is 11.3 Å². The number of carbonyl (C=O) groups is 1. The first-order valence-electron chi connectivity index (χ1n) is 8.09. The highest BCUT2D eigenvalue weighted by Crippen LogP contribution is 2.26. The molecule has 7 heteroatoms. The summed E-state index contributed by atoms with van der Waals surface area (Å²) < 4.78 is 0. The maximum absolute atomic E-state index is 12.1. The second kappa shape index (κ2) is 12.1. The first-order chi connectivity index (χ1) is 10.2. The third-order valence-electron chi connectivity index (χ3n) is 4.32. The van der Waals surface area contributed by atoms with Crippen molar-refractivity contribution in [2.75, 3.05) is 6.54 Å². The lowest BCUT2D eigenvalue weighted by Gasteiger charge is -2.30. The van der Waals surface area contributed by atoms with Gasteiger partial charge >= 0.3 is 0 Å². The van der Waals surface area contributed by atoms with Crippen molar-refractivity contribution in [1.29, 1.82) is 0 Å². The summed E-state index contributed by atoms with van der Waals surface area (Å²) in [6.45, 7) is 2.57. The number of amides is 1. The van der Waals surface area contributed by atoms with Gasteiger partial charge in [-0.15, -0.1) is 36.2 Å². The molecule has 4 nitrogen and oxygen atoms in total. The van der Waals surface area contributed by atoms with E-state index >= 15 is 0 Å². The zero-order valence-corrected chi connectivity index (χ0v) is 16.2. The fourth-order valence-electron chi connectivity index (χ4n) is 3.14. The first kappa shape index (κ1) is 22.6. The molecule has 23 heavy (non-hydrogen) atoms. The quantitative estimate of drug-likeness (QED) is 0.757. The molecular formula is C16H29Cl2N3OS. The van der Waals surface area contributed by atoms with E-state index < -0.39 is 0 Å². The molecule has 1 atom stereocenters. The van der Waals surface area contributed by atoms with Gasteiger partial charge in [0.15, 0.2) is 0 Å². The summed E-state index contributed by atoms with van der Waals surface area (Å²) in [7, 11) is 0. The van der Waals surface area contributed by atoms with E-state index in [-0.39, 0.29) is 36.8 Å². The lowest BCUT2D eigenvalue weighted by molar-refractivity contribution is -0.122. The van der Waals surface area contributed by atoms with Gasteiger partial charge in [0.1, 0.15) is 0 Å². The predicted molar refractivity (Wildman–Crippen MR) is 102 cm³/mol. The summed E-state index contributed by atoms with van der Waals surface area (Å²) in [5.41, 5.74) is 6.96. The minimum Gasteiger partial charge on any atom is -0.352 e. The average molecular weight is 382 g/mol. The number of nitrogens with two attached hydrogens (primary N) is 1. The van der Waals surface area contributed by atoms with Crippen LogP contribution in [0.5, 0.6) is 0 Å². The van der Waals surface area contributed by atoms with Gasteiger partial charge < -0.3 is 11.1 Å². The topological polar surface area (TPSA) is 68.0 Å². The summed E-state index contributed by atoms with van der Waals surface area (Å²) in [4.78, 5) is 16.5. The smallest absolute Gasteiger partial charge is 0.220 e. The summed E-state index contributed by atoms with van der Waals surface area (Å²) in [5, 5.41) is 6.32. The summed E-state index contributed by atoms with van der Waals surface area (Å²) in [6.07, 6.45) is 8.61. The Balaban J connectivity index is 0.00000242. The van der Waals surface area contributed by atoms with Gasteiger partial charge in [-0.2, -0.15) is 0 Å². The highest BCUT2D eigenvalue weighted by atomic mass is 35.5. The molecule has 0 radical (unpaired) electrons. The van der Waals surface area contributed by atoms with Crippen LogP contribution in [0.15, 0.2) is 5.38 Å². The lowest BCUT2D eigenvalue weighted by Crippen LogP contribution is -2.45. The Morgan fingerprint density at radius 3 is 2.65 bits per heavy atom. The second-order valence-corrected chi connectivity index (χ2v) is 7.08. The molecule has 1 fully saturated rings. The molecule has 1 aromatic rings. The predicted octanol–water partition coefficient (Wildman–Crippen LogP) is 3.64. The zero-order valence-electron chi connectivity index (χ0n) is 13.8. The number of aryl methyl sites for hydroxylation is 2. The fraction of sp³-hybridized carbons (Fsp3) is 0.750. The number of thiazole rings is 1. The van der Waals surface area contributed by atoms with E-state index in [0.29, 0.717) is 18.9 Å². The number of hydrogen-bond acceptors (Lipinski definition) is 4. The van der Waals surface area contributed by atoms with Gasteiger partial charge in [0, 0.05) is 24.4 Å². The standard InChI is InChI=1S/C16H27N3OS.2ClH/c1-12-18-14(11-21-12)8-5-9-16(20)19-15(10-17)13-6-3-2-4-7-13;;/h11,13,15H,2-10,17H2,1H3,(H,19,20);2*1H. The number of nitrogens with one attached hydrogen (secondary N) is 1. The van der Waals surface area contributed by atoms with Crippen LogP contribution in [-0.2, 0) is 11.2 Å². The number of halogens is 2. The van der Waals surface area contributed by atoms with Crippen molar-refractivity contribution < 1.29 is 4.79 Å². The maximum atomic E-state index is 12.1. The van der Waals surface area contributed by atoms with Gasteiger partial charge in [0.2, 0.25) is 5.91 Å². The molecule has 1 heterocycles. The van der Waals surface area contributed by atoms with Gasteiger partial charge in [0.25, 0.3) is 0 Å². The van der Waals surface area contributed by atoms with Crippen LogP contribution in [0.4, 0.5) is 0 Å². The van der Waals surface area contributed by atoms with Crippen LogP contribution in [0.2, 0.25) is 0 Å². The molecule has 1 saturated carbocycles. The number of nitrogens with zero attached hydrogens (tertiary/aromatic N) is 1. The molecule has 2 rings (SSSR count). The summed E-state index contributed by atoms with van der Waals surface area (Å²) in [5.74, 6) is 0.719. The Morgan fingerprint density at radius 1 is 1.39 bits per heavy atom. The van der Waals surface area contributed by atoms with E-state index in [1.165, 1.54) is 32.1 Å². The zero-order chi connectivity index (χ0) is 15.1. The molecule has 1 amide bonds. The monoisotopic (exact) mass is 381 g/mol. The highest BCUT2D eigenvalue weighted by Gasteiger charge is 2.23. The molecule has 1 unspecified atom stereocenters. The molecule has 1 aliphatic carbocycles. The highest BCUT2D eigenvalue weighted by molar-refractivity contribution is 7.09. The first-order valence-corrected chi connectivity index (χ1v) is 8.97. The lowest BCUT2D eigenvalue weighted by atomic mass is 9.84. The Labute approximate surface area is 155 Å². The third-order valence-corrected chi connectivity index (χ3v) is 5.14. The Morgan fingerprint density at radius 2 is 2.09 bits per heavy atom. The fourth-order valence-corrected chi connectivity index (χ4v) is 3.78. The summed E-state index contributed by atoms with van der Waals surface area (Å²) >= 11 is 1.67. The van der Waals surface area contributed by atoms with E-state index in [4.69, 9.17) is 5.73 Å². The van der Waals surface area contributed by atoms with Crippen LogP contribution < -0.4 is 11.1 Å². The van der Waals surface area contributed by atoms with E-state index in [9.17, 15) is 4.79 Å². The van der Waals surface area contributed by atoms with Crippen molar-refractivity contribution >= 4 is 42.1 Å². The van der Waals surface area contributed by atoms with Crippen molar-refractivity contribution in [3.8, 4) is 0 Å². The van der Waals surface area contributed by atoms with Crippen LogP contribution in [0.3, 0.4) is 0 Å². The van der Waals surface area contributed by atoms with E-state index in [1.807, 2.05) is 6.92 Å². The Kier molecular flexibility index (Phi) is 11.9. The number of rotatable bonds is 7. The van der Waals surface area contributed by atoms with Gasteiger partial charge in [-0.25, -0.2) is 4.98 Å². The molecule has 0 spiro atoms. The molecule has 134 valence electrons. The van der Waals surface area contributed by atoms with Crippen LogP contribution in [0, 0.1) is 12.8 Å². The van der Waals surface area contributed by atoms with Crippen molar-refractivity contribution in [3.05, 3.63) is 16.1 Å². The maximum Gasteiger partial charge on any atom is 0.220 e. The van der Waals surface area contributed by atoms with E-state index in [0.717, 1.165) is 23.5 Å². The van der Waals surface area contributed by atoms with Crippen LogP contribution in [-0.4, -0.2) is 23.5 Å². The third kappa shape index (κ3) is 7.84. The number of aromatic nitrogens is 1. The minimum atomic E-state index is 0.